The van der Waals surface area contributed by atoms with Crippen molar-refractivity contribution in [3.05, 3.63) is 77.1 Å². The van der Waals surface area contributed by atoms with Gasteiger partial charge in [-0.15, -0.1) is 16.9 Å². The van der Waals surface area contributed by atoms with E-state index in [0.29, 0.717) is 10.8 Å². The van der Waals surface area contributed by atoms with E-state index in [1.807, 2.05) is 42.5 Å². The zero-order valence-electron chi connectivity index (χ0n) is 13.3. The van der Waals surface area contributed by atoms with Crippen LogP contribution >= 0.6 is 23.4 Å². The van der Waals surface area contributed by atoms with Crippen molar-refractivity contribution in [2.75, 3.05) is 0 Å². The minimum absolute atomic E-state index is 0.0383. The Morgan fingerprint density at radius 3 is 2.64 bits per heavy atom. The van der Waals surface area contributed by atoms with E-state index in [9.17, 15) is 4.79 Å². The highest BCUT2D eigenvalue weighted by atomic mass is 35.5. The van der Waals surface area contributed by atoms with Gasteiger partial charge in [-0.1, -0.05) is 47.1 Å². The molecule has 0 bridgehead atoms. The maximum Gasteiger partial charge on any atom is 0.328 e. The standard InChI is InChI=1S/C18H16ClN3O2S/c19-15-8-6-14(7-9-15)12-24-18(23)11-22-10-16(20-21-22)13-25-17-4-2-1-3-5-17/h1-10H,11-13H2. The molecule has 2 aromatic carbocycles. The maximum atomic E-state index is 11.9. The van der Waals surface area contributed by atoms with E-state index in [4.69, 9.17) is 16.3 Å². The number of carbonyl (C=O) groups is 1. The number of carbonyl (C=O) groups excluding carboxylic acids is 1. The Morgan fingerprint density at radius 2 is 1.88 bits per heavy atom. The second-order valence-corrected chi connectivity index (χ2v) is 6.78. The van der Waals surface area contributed by atoms with E-state index in [2.05, 4.69) is 10.3 Å². The summed E-state index contributed by atoms with van der Waals surface area (Å²) in [6, 6.07) is 17.2. The van der Waals surface area contributed by atoms with Crippen molar-refractivity contribution < 1.29 is 9.53 Å². The fourth-order valence-electron chi connectivity index (χ4n) is 2.08. The molecule has 0 saturated heterocycles. The molecule has 0 aliphatic carbocycles. The number of hydrogen-bond donors (Lipinski definition) is 0. The predicted octanol–water partition coefficient (Wildman–Crippen LogP) is 3.97. The molecule has 7 heteroatoms. The van der Waals surface area contributed by atoms with Crippen LogP contribution < -0.4 is 0 Å². The summed E-state index contributed by atoms with van der Waals surface area (Å²) in [6.45, 7) is 0.248. The molecule has 5 nitrogen and oxygen atoms in total. The molecule has 0 amide bonds. The SMILES string of the molecule is O=C(Cn1cc(CSc2ccccc2)nn1)OCc1ccc(Cl)cc1. The van der Waals surface area contributed by atoms with E-state index >= 15 is 0 Å². The van der Waals surface area contributed by atoms with Gasteiger partial charge in [-0.3, -0.25) is 4.79 Å². The Labute approximate surface area is 155 Å². The van der Waals surface area contributed by atoms with Gasteiger partial charge in [0.25, 0.3) is 0 Å². The summed E-state index contributed by atoms with van der Waals surface area (Å²) < 4.78 is 6.73. The number of esters is 1. The fourth-order valence-corrected chi connectivity index (χ4v) is 3.00. The molecule has 0 unspecified atom stereocenters. The highest BCUT2D eigenvalue weighted by Gasteiger charge is 2.08. The van der Waals surface area contributed by atoms with Crippen molar-refractivity contribution in [2.45, 2.75) is 23.8 Å². The van der Waals surface area contributed by atoms with Gasteiger partial charge >= 0.3 is 5.97 Å². The fraction of sp³-hybridized carbons (Fsp3) is 0.167. The Balaban J connectivity index is 1.45. The summed E-state index contributed by atoms with van der Waals surface area (Å²) >= 11 is 7.49. The summed E-state index contributed by atoms with van der Waals surface area (Å²) in [4.78, 5) is 13.1. The van der Waals surface area contributed by atoms with Gasteiger partial charge in [0, 0.05) is 21.9 Å². The Morgan fingerprint density at radius 1 is 1.12 bits per heavy atom. The Bertz CT molecular complexity index is 822. The van der Waals surface area contributed by atoms with Gasteiger partial charge in [-0.25, -0.2) is 4.68 Å². The van der Waals surface area contributed by atoms with E-state index < -0.39 is 0 Å². The van der Waals surface area contributed by atoms with Crippen LogP contribution in [0.3, 0.4) is 0 Å². The van der Waals surface area contributed by atoms with Gasteiger partial charge in [0.1, 0.15) is 13.2 Å². The smallest absolute Gasteiger partial charge is 0.328 e. The number of aromatic nitrogens is 3. The zero-order chi connectivity index (χ0) is 17.5. The molecule has 128 valence electrons. The topological polar surface area (TPSA) is 57.0 Å². The molecule has 3 rings (SSSR count). The molecule has 0 fully saturated rings. The van der Waals surface area contributed by atoms with Gasteiger partial charge < -0.3 is 4.74 Å². The Hall–Kier alpha value is -2.31. The van der Waals surface area contributed by atoms with Crippen molar-refractivity contribution in [2.24, 2.45) is 0 Å². The second-order valence-electron chi connectivity index (χ2n) is 5.30. The van der Waals surface area contributed by atoms with E-state index in [1.165, 1.54) is 9.58 Å². The van der Waals surface area contributed by atoms with Crippen LogP contribution in [0.2, 0.25) is 5.02 Å². The first-order valence-corrected chi connectivity index (χ1v) is 9.02. The van der Waals surface area contributed by atoms with Crippen LogP contribution in [0.15, 0.2) is 65.7 Å². The maximum absolute atomic E-state index is 11.9. The largest absolute Gasteiger partial charge is 0.459 e. The summed E-state index contributed by atoms with van der Waals surface area (Å²) in [5.74, 6) is 0.339. The highest BCUT2D eigenvalue weighted by molar-refractivity contribution is 7.98. The third-order valence-electron chi connectivity index (χ3n) is 3.32. The van der Waals surface area contributed by atoms with Crippen molar-refractivity contribution >= 4 is 29.3 Å². The van der Waals surface area contributed by atoms with Gasteiger partial charge in [0.2, 0.25) is 0 Å². The normalized spacial score (nSPS) is 10.6. The van der Waals surface area contributed by atoms with E-state index in [-0.39, 0.29) is 19.1 Å². The molecule has 0 atom stereocenters. The molecule has 0 saturated carbocycles. The van der Waals surface area contributed by atoms with Crippen molar-refractivity contribution in [1.29, 1.82) is 0 Å². The lowest BCUT2D eigenvalue weighted by atomic mass is 10.2. The minimum atomic E-state index is -0.359. The van der Waals surface area contributed by atoms with Gasteiger partial charge in [-0.2, -0.15) is 0 Å². The molecule has 1 aromatic heterocycles. The number of ether oxygens (including phenoxy) is 1. The first kappa shape index (κ1) is 17.5. The van der Waals surface area contributed by atoms with Crippen molar-refractivity contribution in [3.63, 3.8) is 0 Å². The van der Waals surface area contributed by atoms with E-state index in [0.717, 1.165) is 11.3 Å². The summed E-state index contributed by atoms with van der Waals surface area (Å²) in [5, 5.41) is 8.70. The first-order valence-electron chi connectivity index (χ1n) is 7.66. The third kappa shape index (κ3) is 5.62. The molecule has 25 heavy (non-hydrogen) atoms. The predicted molar refractivity (Wildman–Crippen MR) is 97.3 cm³/mol. The summed E-state index contributed by atoms with van der Waals surface area (Å²) in [7, 11) is 0. The molecular weight excluding hydrogens is 358 g/mol. The number of nitrogens with zero attached hydrogens (tertiary/aromatic N) is 3. The van der Waals surface area contributed by atoms with Crippen LogP contribution in [0.25, 0.3) is 0 Å². The molecule has 0 spiro atoms. The number of halogens is 1. The third-order valence-corrected chi connectivity index (χ3v) is 4.62. The summed E-state index contributed by atoms with van der Waals surface area (Å²) in [5.41, 5.74) is 1.70. The van der Waals surface area contributed by atoms with Crippen LogP contribution in [0.5, 0.6) is 0 Å². The molecule has 0 aliphatic rings. The van der Waals surface area contributed by atoms with Crippen molar-refractivity contribution in [1.82, 2.24) is 15.0 Å². The zero-order valence-corrected chi connectivity index (χ0v) is 14.9. The summed E-state index contributed by atoms with van der Waals surface area (Å²) in [6.07, 6.45) is 1.76. The lowest BCUT2D eigenvalue weighted by Crippen LogP contribution is -2.14. The molecular formula is C18H16ClN3O2S. The quantitative estimate of drug-likeness (QED) is 0.463. The number of thioether (sulfide) groups is 1. The van der Waals surface area contributed by atoms with Gasteiger partial charge in [0.05, 0.1) is 5.69 Å². The van der Waals surface area contributed by atoms with Crippen LogP contribution in [-0.2, 0) is 28.4 Å². The highest BCUT2D eigenvalue weighted by Crippen LogP contribution is 2.20. The van der Waals surface area contributed by atoms with Gasteiger partial charge in [0.15, 0.2) is 0 Å². The Kier molecular flexibility index (Phi) is 6.09. The van der Waals surface area contributed by atoms with Gasteiger partial charge in [-0.05, 0) is 29.8 Å². The molecule has 0 aliphatic heterocycles. The van der Waals surface area contributed by atoms with Crippen molar-refractivity contribution in [3.8, 4) is 0 Å². The average molecular weight is 374 g/mol. The first-order chi connectivity index (χ1) is 12.2. The van der Waals surface area contributed by atoms with E-state index in [1.54, 1.807) is 30.1 Å². The lowest BCUT2D eigenvalue weighted by Gasteiger charge is -2.04. The molecule has 3 aromatic rings. The van der Waals surface area contributed by atoms with Crippen LogP contribution in [0, 0.1) is 0 Å². The second kappa shape index (κ2) is 8.69. The number of benzene rings is 2. The monoisotopic (exact) mass is 373 g/mol. The average Bonchev–Trinajstić information content (AvgIpc) is 3.08. The van der Waals surface area contributed by atoms with Crippen LogP contribution in [-0.4, -0.2) is 21.0 Å². The number of rotatable bonds is 7. The molecule has 0 radical (unpaired) electrons. The minimum Gasteiger partial charge on any atom is -0.459 e. The number of hydrogen-bond acceptors (Lipinski definition) is 5. The lowest BCUT2D eigenvalue weighted by molar-refractivity contribution is -0.145. The van der Waals surface area contributed by atoms with Crippen LogP contribution in [0.4, 0.5) is 0 Å². The molecule has 1 heterocycles. The molecule has 0 N–H and O–H groups in total. The van der Waals surface area contributed by atoms with Crippen LogP contribution in [0.1, 0.15) is 11.3 Å².